The Morgan fingerprint density at radius 1 is 1.09 bits per heavy atom. The van der Waals surface area contributed by atoms with Gasteiger partial charge in [0.2, 0.25) is 0 Å². The highest BCUT2D eigenvalue weighted by Gasteiger charge is 2.48. The molecule has 1 aromatic carbocycles. The van der Waals surface area contributed by atoms with Crippen molar-refractivity contribution in [2.75, 3.05) is 32.8 Å². The van der Waals surface area contributed by atoms with Gasteiger partial charge in [-0.05, 0) is 102 Å². The summed E-state index contributed by atoms with van der Waals surface area (Å²) in [6.45, 7) is 9.18. The Morgan fingerprint density at radius 3 is 2.68 bits per heavy atom. The minimum absolute atomic E-state index is 0.0227. The van der Waals surface area contributed by atoms with Gasteiger partial charge >= 0.3 is 5.97 Å². The van der Waals surface area contributed by atoms with Crippen LogP contribution in [0.15, 0.2) is 24.3 Å². The predicted molar refractivity (Wildman–Crippen MR) is 135 cm³/mol. The lowest BCUT2D eigenvalue weighted by molar-refractivity contribution is -0.142. The average Bonchev–Trinajstić information content (AvgIpc) is 3.22. The molecule has 34 heavy (non-hydrogen) atoms. The quantitative estimate of drug-likeness (QED) is 0.579. The zero-order valence-electron chi connectivity index (χ0n) is 21.2. The molecule has 2 heterocycles. The topological polar surface area (TPSA) is 61.9 Å². The lowest BCUT2D eigenvalue weighted by Crippen LogP contribution is -2.62. The van der Waals surface area contributed by atoms with E-state index < -0.39 is 0 Å². The average molecular weight is 470 g/mol. The molecule has 3 unspecified atom stereocenters. The van der Waals surface area contributed by atoms with Crippen LogP contribution in [0.2, 0.25) is 0 Å². The van der Waals surface area contributed by atoms with Gasteiger partial charge in [0, 0.05) is 23.2 Å². The zero-order valence-corrected chi connectivity index (χ0v) is 21.2. The van der Waals surface area contributed by atoms with Crippen molar-refractivity contribution >= 4 is 11.9 Å². The first-order valence-corrected chi connectivity index (χ1v) is 13.6. The summed E-state index contributed by atoms with van der Waals surface area (Å²) in [5.41, 5.74) is 1.77. The normalized spacial score (nSPS) is 28.2. The van der Waals surface area contributed by atoms with Crippen LogP contribution in [0.4, 0.5) is 0 Å². The first-order chi connectivity index (χ1) is 16.5. The van der Waals surface area contributed by atoms with Gasteiger partial charge in [0.1, 0.15) is 0 Å². The molecule has 6 heteroatoms. The van der Waals surface area contributed by atoms with Crippen LogP contribution in [0.1, 0.15) is 87.6 Å². The summed E-state index contributed by atoms with van der Waals surface area (Å²) in [7, 11) is 0. The van der Waals surface area contributed by atoms with Gasteiger partial charge in [-0.1, -0.05) is 25.5 Å². The molecule has 4 rings (SSSR count). The number of esters is 1. The van der Waals surface area contributed by atoms with Gasteiger partial charge in [-0.25, -0.2) is 0 Å². The van der Waals surface area contributed by atoms with Crippen LogP contribution in [0.25, 0.3) is 0 Å². The standard InChI is InChI=1S/C28H43N3O3/c1-3-15-31-18-9-13-28(31)14-12-24(25(21-28)30-16-6-5-7-17-30)29-27(33)23-11-8-10-22(19-23)20-26(32)34-4-2/h8,10-11,19,24-25H,3-7,9,12-18,20-21H2,1-2H3,(H,29,33). The number of benzene rings is 1. The number of carbonyl (C=O) groups excluding carboxylic acids is 2. The maximum atomic E-state index is 13.3. The number of rotatable bonds is 8. The Kier molecular flexibility index (Phi) is 8.65. The Labute approximate surface area is 205 Å². The molecule has 188 valence electrons. The SMILES string of the molecule is CCCN1CCCC12CCC(NC(=O)c1cccc(CC(=O)OCC)c1)C(N1CCCCC1)C2. The van der Waals surface area contributed by atoms with Crippen molar-refractivity contribution in [3.8, 4) is 0 Å². The molecule has 0 aromatic heterocycles. The number of amides is 1. The van der Waals surface area contributed by atoms with E-state index in [1.807, 2.05) is 31.2 Å². The number of nitrogens with one attached hydrogen (secondary N) is 1. The van der Waals surface area contributed by atoms with Crippen LogP contribution in [0.5, 0.6) is 0 Å². The third kappa shape index (κ3) is 5.83. The van der Waals surface area contributed by atoms with E-state index in [9.17, 15) is 9.59 Å². The molecule has 3 fully saturated rings. The van der Waals surface area contributed by atoms with Crippen LogP contribution >= 0.6 is 0 Å². The van der Waals surface area contributed by atoms with Crippen LogP contribution in [-0.4, -0.2) is 72.1 Å². The Morgan fingerprint density at radius 2 is 1.91 bits per heavy atom. The molecule has 0 radical (unpaired) electrons. The number of ether oxygens (including phenoxy) is 1. The molecule has 1 saturated carbocycles. The third-order valence-electron chi connectivity index (χ3n) is 8.23. The molecule has 2 aliphatic heterocycles. The van der Waals surface area contributed by atoms with Gasteiger partial charge in [0.05, 0.1) is 13.0 Å². The summed E-state index contributed by atoms with van der Waals surface area (Å²) in [5, 5.41) is 3.43. The zero-order chi connectivity index (χ0) is 24.0. The Balaban J connectivity index is 1.48. The molecule has 0 bridgehead atoms. The molecule has 1 spiro atoms. The number of hydrogen-bond acceptors (Lipinski definition) is 5. The largest absolute Gasteiger partial charge is 0.466 e. The van der Waals surface area contributed by atoms with E-state index in [1.54, 1.807) is 0 Å². The lowest BCUT2D eigenvalue weighted by atomic mass is 9.73. The minimum atomic E-state index is -0.254. The number of likely N-dealkylation sites (tertiary alicyclic amines) is 2. The van der Waals surface area contributed by atoms with E-state index in [-0.39, 0.29) is 24.3 Å². The molecule has 1 aliphatic carbocycles. The minimum Gasteiger partial charge on any atom is -0.466 e. The second-order valence-corrected chi connectivity index (χ2v) is 10.5. The van der Waals surface area contributed by atoms with Crippen molar-refractivity contribution in [2.24, 2.45) is 0 Å². The first kappa shape index (κ1) is 25.2. The number of nitrogens with zero attached hydrogens (tertiary/aromatic N) is 2. The molecule has 6 nitrogen and oxygen atoms in total. The van der Waals surface area contributed by atoms with Gasteiger partial charge in [-0.3, -0.25) is 19.4 Å². The summed E-state index contributed by atoms with van der Waals surface area (Å²) in [4.78, 5) is 30.7. The molecular formula is C28H43N3O3. The van der Waals surface area contributed by atoms with Crippen LogP contribution in [0, 0.1) is 0 Å². The molecule has 1 aromatic rings. The van der Waals surface area contributed by atoms with Crippen molar-refractivity contribution in [1.82, 2.24) is 15.1 Å². The molecular weight excluding hydrogens is 426 g/mol. The van der Waals surface area contributed by atoms with E-state index in [1.165, 1.54) is 64.5 Å². The highest BCUT2D eigenvalue weighted by molar-refractivity contribution is 5.94. The van der Waals surface area contributed by atoms with Gasteiger partial charge in [-0.2, -0.15) is 0 Å². The number of piperidine rings is 1. The van der Waals surface area contributed by atoms with E-state index >= 15 is 0 Å². The second-order valence-electron chi connectivity index (χ2n) is 10.5. The monoisotopic (exact) mass is 469 g/mol. The molecule has 1 amide bonds. The van der Waals surface area contributed by atoms with Gasteiger partial charge in [0.25, 0.3) is 5.91 Å². The number of carbonyl (C=O) groups is 2. The van der Waals surface area contributed by atoms with E-state index in [0.29, 0.717) is 23.8 Å². The molecule has 1 N–H and O–H groups in total. The molecule has 3 atom stereocenters. The summed E-state index contributed by atoms with van der Waals surface area (Å²) < 4.78 is 5.07. The summed E-state index contributed by atoms with van der Waals surface area (Å²) in [6, 6.07) is 8.02. The lowest BCUT2D eigenvalue weighted by Gasteiger charge is -2.51. The van der Waals surface area contributed by atoms with E-state index in [2.05, 4.69) is 22.0 Å². The first-order valence-electron chi connectivity index (χ1n) is 13.6. The van der Waals surface area contributed by atoms with E-state index in [0.717, 1.165) is 25.1 Å². The van der Waals surface area contributed by atoms with Gasteiger partial charge in [0.15, 0.2) is 0 Å². The van der Waals surface area contributed by atoms with Crippen molar-refractivity contribution in [3.63, 3.8) is 0 Å². The van der Waals surface area contributed by atoms with Gasteiger partial charge in [-0.15, -0.1) is 0 Å². The van der Waals surface area contributed by atoms with E-state index in [4.69, 9.17) is 4.74 Å². The maximum absolute atomic E-state index is 13.3. The third-order valence-corrected chi connectivity index (χ3v) is 8.23. The molecule has 2 saturated heterocycles. The van der Waals surface area contributed by atoms with Crippen LogP contribution in [-0.2, 0) is 16.0 Å². The Hall–Kier alpha value is -1.92. The second kappa shape index (κ2) is 11.7. The summed E-state index contributed by atoms with van der Waals surface area (Å²) >= 11 is 0. The Bertz CT molecular complexity index is 838. The van der Waals surface area contributed by atoms with Crippen LogP contribution < -0.4 is 5.32 Å². The predicted octanol–water partition coefficient (Wildman–Crippen LogP) is 4.17. The van der Waals surface area contributed by atoms with Gasteiger partial charge < -0.3 is 10.1 Å². The fourth-order valence-electron chi connectivity index (χ4n) is 6.63. The van der Waals surface area contributed by atoms with Crippen molar-refractivity contribution in [1.29, 1.82) is 0 Å². The fraction of sp³-hybridized carbons (Fsp3) is 0.714. The summed E-state index contributed by atoms with van der Waals surface area (Å²) in [6.07, 6.45) is 11.2. The van der Waals surface area contributed by atoms with Crippen LogP contribution in [0.3, 0.4) is 0 Å². The smallest absolute Gasteiger partial charge is 0.310 e. The van der Waals surface area contributed by atoms with Crippen molar-refractivity contribution in [2.45, 2.75) is 95.7 Å². The number of hydrogen-bond donors (Lipinski definition) is 1. The highest BCUT2D eigenvalue weighted by atomic mass is 16.5. The van der Waals surface area contributed by atoms with Crippen molar-refractivity contribution < 1.29 is 14.3 Å². The fourth-order valence-corrected chi connectivity index (χ4v) is 6.63. The van der Waals surface area contributed by atoms with Crippen molar-refractivity contribution in [3.05, 3.63) is 35.4 Å². The highest BCUT2D eigenvalue weighted by Crippen LogP contribution is 2.43. The summed E-state index contributed by atoms with van der Waals surface area (Å²) in [5.74, 6) is -0.276. The molecule has 3 aliphatic rings. The maximum Gasteiger partial charge on any atom is 0.310 e.